The van der Waals surface area contributed by atoms with E-state index < -0.39 is 0 Å². The summed E-state index contributed by atoms with van der Waals surface area (Å²) in [6.07, 6.45) is 3.78. The number of carbonyl (C=O) groups excluding carboxylic acids is 1. The number of amides is 1. The fourth-order valence-corrected chi connectivity index (χ4v) is 2.27. The number of oxazole rings is 2. The molecule has 1 saturated carbocycles. The highest BCUT2D eigenvalue weighted by atomic mass is 16.4. The molecule has 22 heavy (non-hydrogen) atoms. The Morgan fingerprint density at radius 2 is 2.18 bits per heavy atom. The van der Waals surface area contributed by atoms with Gasteiger partial charge in [-0.3, -0.25) is 4.79 Å². The molecule has 1 aliphatic rings. The largest absolute Gasteiger partial charge is 0.448 e. The minimum atomic E-state index is -0.189. The number of aryl methyl sites for hydroxylation is 1. The molecule has 0 spiro atoms. The summed E-state index contributed by atoms with van der Waals surface area (Å²) in [5.74, 6) is 0.756. The molecule has 4 rings (SSSR count). The molecule has 1 N–H and O–H groups in total. The molecule has 0 bridgehead atoms. The van der Waals surface area contributed by atoms with Gasteiger partial charge in [0.1, 0.15) is 18.2 Å². The van der Waals surface area contributed by atoms with Crippen molar-refractivity contribution in [1.29, 1.82) is 0 Å². The summed E-state index contributed by atoms with van der Waals surface area (Å²) in [5, 5.41) is 2.87. The molecule has 0 unspecified atom stereocenters. The van der Waals surface area contributed by atoms with Crippen LogP contribution in [0.15, 0.2) is 33.3 Å². The molecule has 1 fully saturated rings. The van der Waals surface area contributed by atoms with Crippen LogP contribution in [0.3, 0.4) is 0 Å². The number of benzene rings is 1. The van der Waals surface area contributed by atoms with Crippen molar-refractivity contribution < 1.29 is 13.6 Å². The van der Waals surface area contributed by atoms with Crippen molar-refractivity contribution in [2.24, 2.45) is 0 Å². The second-order valence-electron chi connectivity index (χ2n) is 5.63. The zero-order valence-corrected chi connectivity index (χ0v) is 12.1. The summed E-state index contributed by atoms with van der Waals surface area (Å²) in [6, 6.07) is 6.13. The van der Waals surface area contributed by atoms with Crippen LogP contribution in [0.2, 0.25) is 0 Å². The van der Waals surface area contributed by atoms with Gasteiger partial charge in [0.05, 0.1) is 0 Å². The highest BCUT2D eigenvalue weighted by Gasteiger charge is 2.25. The van der Waals surface area contributed by atoms with E-state index in [4.69, 9.17) is 8.83 Å². The van der Waals surface area contributed by atoms with E-state index in [-0.39, 0.29) is 5.91 Å². The van der Waals surface area contributed by atoms with Gasteiger partial charge in [0.2, 0.25) is 11.8 Å². The van der Waals surface area contributed by atoms with Crippen molar-refractivity contribution >= 4 is 17.0 Å². The first-order valence-electron chi connectivity index (χ1n) is 7.29. The molecule has 2 aromatic heterocycles. The van der Waals surface area contributed by atoms with Gasteiger partial charge in [0.15, 0.2) is 11.3 Å². The van der Waals surface area contributed by atoms with E-state index in [1.165, 1.54) is 6.26 Å². The number of aromatic nitrogens is 2. The molecule has 3 aromatic rings. The van der Waals surface area contributed by atoms with Gasteiger partial charge in [-0.1, -0.05) is 6.07 Å². The summed E-state index contributed by atoms with van der Waals surface area (Å²) < 4.78 is 11.0. The van der Waals surface area contributed by atoms with E-state index in [2.05, 4.69) is 15.3 Å². The molecule has 112 valence electrons. The quantitative estimate of drug-likeness (QED) is 0.800. The molecular weight excluding hydrogens is 282 g/mol. The summed E-state index contributed by atoms with van der Waals surface area (Å²) in [5.41, 5.74) is 2.98. The molecule has 0 saturated heterocycles. The highest BCUT2D eigenvalue weighted by Crippen LogP contribution is 2.20. The Labute approximate surface area is 126 Å². The van der Waals surface area contributed by atoms with Gasteiger partial charge >= 0.3 is 0 Å². The Morgan fingerprint density at radius 3 is 3.00 bits per heavy atom. The normalized spacial score (nSPS) is 14.4. The van der Waals surface area contributed by atoms with Crippen LogP contribution in [0.25, 0.3) is 11.1 Å². The number of nitrogens with zero attached hydrogens (tertiary/aromatic N) is 2. The Balaban J connectivity index is 1.52. The fraction of sp³-hybridized carbons (Fsp3) is 0.312. The lowest BCUT2D eigenvalue weighted by atomic mass is 10.2. The fourth-order valence-electron chi connectivity index (χ4n) is 2.27. The van der Waals surface area contributed by atoms with E-state index in [1.807, 2.05) is 25.1 Å². The SMILES string of the molecule is Cc1ccc2oc(Cc3nc(C(=O)NC4CC4)co3)nc2c1. The van der Waals surface area contributed by atoms with E-state index in [9.17, 15) is 4.79 Å². The average molecular weight is 297 g/mol. The van der Waals surface area contributed by atoms with Gasteiger partial charge in [-0.2, -0.15) is 0 Å². The van der Waals surface area contributed by atoms with Crippen molar-refractivity contribution in [1.82, 2.24) is 15.3 Å². The Morgan fingerprint density at radius 1 is 1.32 bits per heavy atom. The first kappa shape index (κ1) is 13.1. The standard InChI is InChI=1S/C16H15N3O3/c1-9-2-5-13-11(6-9)18-15(22-13)7-14-19-12(8-21-14)16(20)17-10-3-4-10/h2,5-6,8,10H,3-4,7H2,1H3,(H,17,20). The third kappa shape index (κ3) is 2.59. The topological polar surface area (TPSA) is 81.2 Å². The molecule has 0 radical (unpaired) electrons. The summed E-state index contributed by atoms with van der Waals surface area (Å²) in [7, 11) is 0. The maximum Gasteiger partial charge on any atom is 0.273 e. The Hall–Kier alpha value is -2.63. The number of hydrogen-bond donors (Lipinski definition) is 1. The van der Waals surface area contributed by atoms with Gasteiger partial charge < -0.3 is 14.2 Å². The third-order valence-electron chi connectivity index (χ3n) is 3.59. The van der Waals surface area contributed by atoms with E-state index in [0.29, 0.717) is 29.9 Å². The third-order valence-corrected chi connectivity index (χ3v) is 3.59. The predicted molar refractivity (Wildman–Crippen MR) is 78.5 cm³/mol. The van der Waals surface area contributed by atoms with Gasteiger partial charge in [-0.25, -0.2) is 9.97 Å². The molecule has 6 heteroatoms. The summed E-state index contributed by atoms with van der Waals surface area (Å²) >= 11 is 0. The minimum Gasteiger partial charge on any atom is -0.448 e. The molecule has 0 atom stereocenters. The Kier molecular flexibility index (Phi) is 2.96. The first-order valence-corrected chi connectivity index (χ1v) is 7.29. The van der Waals surface area contributed by atoms with Crippen LogP contribution in [0.5, 0.6) is 0 Å². The number of rotatable bonds is 4. The van der Waals surface area contributed by atoms with Crippen LogP contribution >= 0.6 is 0 Å². The molecule has 1 aromatic carbocycles. The van der Waals surface area contributed by atoms with Crippen LogP contribution in [-0.4, -0.2) is 21.9 Å². The van der Waals surface area contributed by atoms with E-state index in [0.717, 1.165) is 29.5 Å². The lowest BCUT2D eigenvalue weighted by Crippen LogP contribution is -2.25. The van der Waals surface area contributed by atoms with Gasteiger partial charge in [0, 0.05) is 6.04 Å². The first-order chi connectivity index (χ1) is 10.7. The van der Waals surface area contributed by atoms with E-state index in [1.54, 1.807) is 0 Å². The average Bonchev–Trinajstić information content (AvgIpc) is 3.03. The molecule has 1 amide bonds. The molecule has 1 aliphatic carbocycles. The predicted octanol–water partition coefficient (Wildman–Crippen LogP) is 2.61. The van der Waals surface area contributed by atoms with Gasteiger partial charge in [-0.15, -0.1) is 0 Å². The number of fused-ring (bicyclic) bond motifs is 1. The second-order valence-corrected chi connectivity index (χ2v) is 5.63. The van der Waals surface area contributed by atoms with Gasteiger partial charge in [-0.05, 0) is 37.5 Å². The van der Waals surface area contributed by atoms with Crippen molar-refractivity contribution in [2.75, 3.05) is 0 Å². The lowest BCUT2D eigenvalue weighted by Gasteiger charge is -1.96. The lowest BCUT2D eigenvalue weighted by molar-refractivity contribution is 0.0946. The summed E-state index contributed by atoms with van der Waals surface area (Å²) in [4.78, 5) is 20.5. The van der Waals surface area contributed by atoms with Crippen LogP contribution in [0.1, 0.15) is 40.7 Å². The van der Waals surface area contributed by atoms with Crippen LogP contribution in [0.4, 0.5) is 0 Å². The number of nitrogens with one attached hydrogen (secondary N) is 1. The zero-order chi connectivity index (χ0) is 15.1. The van der Waals surface area contributed by atoms with Crippen LogP contribution in [-0.2, 0) is 6.42 Å². The van der Waals surface area contributed by atoms with Crippen molar-refractivity contribution in [3.63, 3.8) is 0 Å². The van der Waals surface area contributed by atoms with E-state index >= 15 is 0 Å². The van der Waals surface area contributed by atoms with Crippen molar-refractivity contribution in [3.05, 3.63) is 47.5 Å². The Bertz CT molecular complexity index is 845. The van der Waals surface area contributed by atoms with Crippen molar-refractivity contribution in [2.45, 2.75) is 32.2 Å². The monoisotopic (exact) mass is 297 g/mol. The molecular formula is C16H15N3O3. The van der Waals surface area contributed by atoms with Crippen LogP contribution in [0, 0.1) is 6.92 Å². The molecule has 2 heterocycles. The number of carbonyl (C=O) groups is 1. The molecule has 6 nitrogen and oxygen atoms in total. The second kappa shape index (κ2) is 4.98. The summed E-state index contributed by atoms with van der Waals surface area (Å²) in [6.45, 7) is 2.01. The van der Waals surface area contributed by atoms with Gasteiger partial charge in [0.25, 0.3) is 5.91 Å². The number of hydrogen-bond acceptors (Lipinski definition) is 5. The van der Waals surface area contributed by atoms with Crippen LogP contribution < -0.4 is 5.32 Å². The highest BCUT2D eigenvalue weighted by molar-refractivity contribution is 5.92. The minimum absolute atomic E-state index is 0.189. The molecule has 0 aliphatic heterocycles. The van der Waals surface area contributed by atoms with Crippen molar-refractivity contribution in [3.8, 4) is 0 Å². The maximum atomic E-state index is 11.9. The zero-order valence-electron chi connectivity index (χ0n) is 12.1. The maximum absolute atomic E-state index is 11.9. The smallest absolute Gasteiger partial charge is 0.273 e.